The maximum Gasteiger partial charge on any atom is 0.196 e. The molecule has 0 aliphatic carbocycles. The van der Waals surface area contributed by atoms with Crippen LogP contribution >= 0.6 is 27.9 Å². The van der Waals surface area contributed by atoms with E-state index in [2.05, 4.69) is 65.2 Å². The first-order chi connectivity index (χ1) is 7.77. The van der Waals surface area contributed by atoms with E-state index in [1.165, 1.54) is 0 Å². The molecule has 5 heteroatoms. The van der Waals surface area contributed by atoms with E-state index in [1.54, 1.807) is 18.1 Å². The first-order valence-corrected chi connectivity index (χ1v) is 7.32. The lowest BCUT2D eigenvalue weighted by molar-refractivity contribution is 0.421. The second-order valence-electron chi connectivity index (χ2n) is 5.21. The maximum absolute atomic E-state index is 4.45. The summed E-state index contributed by atoms with van der Waals surface area (Å²) in [4.78, 5) is 8.51. The highest BCUT2D eigenvalue weighted by Crippen LogP contribution is 2.30. The van der Waals surface area contributed by atoms with Crippen LogP contribution in [0, 0.1) is 0 Å². The fourth-order valence-electron chi connectivity index (χ4n) is 1.21. The molecule has 17 heavy (non-hydrogen) atoms. The molecule has 1 rings (SSSR count). The van der Waals surface area contributed by atoms with Gasteiger partial charge in [0.25, 0.3) is 0 Å². The standard InChI is InChI=1S/C12H20BrN3S/c1-6-12(5,16-17-11(2,3)4)9-7-8-14-10(13)15-9/h7-8,16H,6H2,1-5H3. The fraction of sp³-hybridized carbons (Fsp3) is 0.667. The largest absolute Gasteiger partial charge is 0.252 e. The molecule has 0 fully saturated rings. The quantitative estimate of drug-likeness (QED) is 0.675. The Hall–Kier alpha value is -0.130. The van der Waals surface area contributed by atoms with Crippen LogP contribution in [0.1, 0.15) is 46.7 Å². The van der Waals surface area contributed by atoms with Crippen LogP contribution in [0.25, 0.3) is 0 Å². The van der Waals surface area contributed by atoms with Crippen molar-refractivity contribution in [2.75, 3.05) is 0 Å². The summed E-state index contributed by atoms with van der Waals surface area (Å²) in [6.45, 7) is 10.9. The molecule has 0 radical (unpaired) electrons. The van der Waals surface area contributed by atoms with Gasteiger partial charge in [-0.05, 0) is 56.1 Å². The van der Waals surface area contributed by atoms with Crippen LogP contribution in [0.3, 0.4) is 0 Å². The van der Waals surface area contributed by atoms with Crippen LogP contribution in [0.5, 0.6) is 0 Å². The zero-order valence-electron chi connectivity index (χ0n) is 11.0. The number of aromatic nitrogens is 2. The van der Waals surface area contributed by atoms with Crippen molar-refractivity contribution < 1.29 is 0 Å². The van der Waals surface area contributed by atoms with Crippen molar-refractivity contribution >= 4 is 27.9 Å². The maximum atomic E-state index is 4.45. The molecule has 1 aromatic rings. The van der Waals surface area contributed by atoms with Crippen LogP contribution < -0.4 is 4.72 Å². The number of halogens is 1. The molecule has 96 valence electrons. The minimum atomic E-state index is -0.136. The van der Waals surface area contributed by atoms with Crippen molar-refractivity contribution in [3.05, 3.63) is 22.7 Å². The van der Waals surface area contributed by atoms with E-state index in [-0.39, 0.29) is 10.3 Å². The summed E-state index contributed by atoms with van der Waals surface area (Å²) in [7, 11) is 0. The molecule has 1 heterocycles. The summed E-state index contributed by atoms with van der Waals surface area (Å²) in [5, 5.41) is 0. The van der Waals surface area contributed by atoms with E-state index in [1.807, 2.05) is 6.07 Å². The van der Waals surface area contributed by atoms with Gasteiger partial charge >= 0.3 is 0 Å². The van der Waals surface area contributed by atoms with Gasteiger partial charge in [-0.3, -0.25) is 4.72 Å². The van der Waals surface area contributed by atoms with Crippen LogP contribution in [-0.2, 0) is 5.54 Å². The van der Waals surface area contributed by atoms with E-state index in [9.17, 15) is 0 Å². The Balaban J connectivity index is 2.88. The third-order valence-electron chi connectivity index (χ3n) is 2.48. The van der Waals surface area contributed by atoms with Gasteiger partial charge in [-0.2, -0.15) is 0 Å². The fourth-order valence-corrected chi connectivity index (χ4v) is 2.30. The van der Waals surface area contributed by atoms with E-state index in [0.29, 0.717) is 4.73 Å². The van der Waals surface area contributed by atoms with Gasteiger partial charge in [0.2, 0.25) is 0 Å². The molecular weight excluding hydrogens is 298 g/mol. The predicted molar refractivity (Wildman–Crippen MR) is 77.9 cm³/mol. The Labute approximate surface area is 116 Å². The zero-order valence-corrected chi connectivity index (χ0v) is 13.4. The van der Waals surface area contributed by atoms with Gasteiger partial charge in [-0.1, -0.05) is 18.9 Å². The molecule has 3 nitrogen and oxygen atoms in total. The van der Waals surface area contributed by atoms with Crippen molar-refractivity contribution in [1.29, 1.82) is 0 Å². The van der Waals surface area contributed by atoms with Gasteiger partial charge in [0.1, 0.15) is 0 Å². The number of hydrogen-bond acceptors (Lipinski definition) is 4. The zero-order chi connectivity index (χ0) is 13.1. The average Bonchev–Trinajstić information content (AvgIpc) is 2.25. The Morgan fingerprint density at radius 1 is 1.35 bits per heavy atom. The van der Waals surface area contributed by atoms with Gasteiger partial charge in [0.05, 0.1) is 11.2 Å². The van der Waals surface area contributed by atoms with Crippen LogP contribution in [0.4, 0.5) is 0 Å². The lowest BCUT2D eigenvalue weighted by atomic mass is 9.96. The molecule has 1 unspecified atom stereocenters. The van der Waals surface area contributed by atoms with Crippen molar-refractivity contribution in [3.8, 4) is 0 Å². The van der Waals surface area contributed by atoms with Gasteiger partial charge < -0.3 is 0 Å². The topological polar surface area (TPSA) is 37.8 Å². The minimum absolute atomic E-state index is 0.136. The van der Waals surface area contributed by atoms with Crippen LogP contribution in [0.2, 0.25) is 0 Å². The number of nitrogens with one attached hydrogen (secondary N) is 1. The summed E-state index contributed by atoms with van der Waals surface area (Å²) in [6.07, 6.45) is 2.75. The summed E-state index contributed by atoms with van der Waals surface area (Å²) >= 11 is 5.06. The normalized spacial score (nSPS) is 15.6. The molecule has 0 amide bonds. The summed E-state index contributed by atoms with van der Waals surface area (Å²) < 4.78 is 4.35. The number of hydrogen-bond donors (Lipinski definition) is 1. The highest BCUT2D eigenvalue weighted by Gasteiger charge is 2.28. The van der Waals surface area contributed by atoms with Crippen LogP contribution in [-0.4, -0.2) is 14.7 Å². The van der Waals surface area contributed by atoms with Crippen molar-refractivity contribution in [2.24, 2.45) is 0 Å². The molecule has 1 aromatic heterocycles. The summed E-state index contributed by atoms with van der Waals surface area (Å²) in [6, 6.07) is 1.96. The second kappa shape index (κ2) is 5.67. The monoisotopic (exact) mass is 317 g/mol. The van der Waals surface area contributed by atoms with Crippen molar-refractivity contribution in [2.45, 2.75) is 51.3 Å². The van der Waals surface area contributed by atoms with E-state index in [0.717, 1.165) is 12.1 Å². The summed E-state index contributed by atoms with van der Waals surface area (Å²) in [5.74, 6) is 0. The third kappa shape index (κ3) is 4.56. The molecule has 0 bridgehead atoms. The van der Waals surface area contributed by atoms with Gasteiger partial charge in [0, 0.05) is 10.9 Å². The van der Waals surface area contributed by atoms with E-state index in [4.69, 9.17) is 0 Å². The van der Waals surface area contributed by atoms with Gasteiger partial charge in [-0.25, -0.2) is 9.97 Å². The Kier molecular flexibility index (Phi) is 4.98. The second-order valence-corrected chi connectivity index (χ2v) is 7.56. The van der Waals surface area contributed by atoms with Crippen molar-refractivity contribution in [3.63, 3.8) is 0 Å². The molecule has 0 saturated heterocycles. The highest BCUT2D eigenvalue weighted by molar-refractivity contribution is 9.10. The molecule has 1 N–H and O–H groups in total. The number of nitrogens with zero attached hydrogens (tertiary/aromatic N) is 2. The smallest absolute Gasteiger partial charge is 0.196 e. The lowest BCUT2D eigenvalue weighted by Crippen LogP contribution is -2.37. The molecule has 0 aromatic carbocycles. The average molecular weight is 318 g/mol. The Morgan fingerprint density at radius 2 is 2.00 bits per heavy atom. The minimum Gasteiger partial charge on any atom is -0.252 e. The van der Waals surface area contributed by atoms with Crippen LogP contribution in [0.15, 0.2) is 17.0 Å². The molecule has 1 atom stereocenters. The van der Waals surface area contributed by atoms with E-state index < -0.39 is 0 Å². The molecule has 0 spiro atoms. The molecule has 0 aliphatic rings. The Bertz CT molecular complexity index is 378. The molecule has 0 saturated carbocycles. The highest BCUT2D eigenvalue weighted by atomic mass is 79.9. The predicted octanol–water partition coefficient (Wildman–Crippen LogP) is 3.90. The lowest BCUT2D eigenvalue weighted by Gasteiger charge is -2.32. The SMILES string of the molecule is CCC(C)(NSC(C)(C)C)c1ccnc(Br)n1. The van der Waals surface area contributed by atoms with Gasteiger partial charge in [0.15, 0.2) is 4.73 Å². The van der Waals surface area contributed by atoms with E-state index >= 15 is 0 Å². The van der Waals surface area contributed by atoms with Crippen molar-refractivity contribution in [1.82, 2.24) is 14.7 Å². The van der Waals surface area contributed by atoms with Gasteiger partial charge in [-0.15, -0.1) is 0 Å². The summed E-state index contributed by atoms with van der Waals surface area (Å²) in [5.41, 5.74) is 0.877. The third-order valence-corrected chi connectivity index (χ3v) is 4.03. The first kappa shape index (κ1) is 14.9. The first-order valence-electron chi connectivity index (χ1n) is 5.71. The molecular formula is C12H20BrN3S. The Morgan fingerprint density at radius 3 is 2.47 bits per heavy atom. The number of rotatable bonds is 4. The molecule has 0 aliphatic heterocycles.